The minimum atomic E-state index is -1.16. The summed E-state index contributed by atoms with van der Waals surface area (Å²) in [5, 5.41) is 19.0. The Kier molecular flexibility index (Phi) is 12.7. The van der Waals surface area contributed by atoms with Crippen LogP contribution in [0.15, 0.2) is 0 Å². The number of rotatable bonds is 0. The van der Waals surface area contributed by atoms with Crippen molar-refractivity contribution < 1.29 is 37.2 Å². The monoisotopic (exact) mass is 228 g/mol. The Morgan fingerprint density at radius 3 is 0.923 bits per heavy atom. The van der Waals surface area contributed by atoms with Gasteiger partial charge in [-0.2, -0.15) is 0 Å². The quantitative estimate of drug-likeness (QED) is 0.470. The molecule has 0 heterocycles. The van der Waals surface area contributed by atoms with E-state index in [4.69, 9.17) is 0 Å². The van der Waals surface area contributed by atoms with Gasteiger partial charge in [0.25, 0.3) is 0 Å². The van der Waals surface area contributed by atoms with E-state index in [0.29, 0.717) is 0 Å². The molecule has 0 N–H and O–H groups in total. The molecule has 0 aromatic carbocycles. The molecule has 0 atom stereocenters. The number of carboxylic acid groups (broad SMARTS) is 2. The minimum absolute atomic E-state index is 0. The summed E-state index contributed by atoms with van der Waals surface area (Å²) in [6, 6.07) is 0. The maximum absolute atomic E-state index is 9.51. The van der Waals surface area contributed by atoms with Gasteiger partial charge in [-0.3, -0.25) is 0 Å². The first kappa shape index (κ1) is 18.0. The van der Waals surface area contributed by atoms with Gasteiger partial charge in [0.2, 0.25) is 0 Å². The predicted octanol–water partition coefficient (Wildman–Crippen LogP) is -2.22. The van der Waals surface area contributed by atoms with Gasteiger partial charge in [-0.05, 0) is 0 Å². The van der Waals surface area contributed by atoms with Crippen molar-refractivity contribution in [2.45, 2.75) is 0 Å². The molecule has 6 nitrogen and oxygen atoms in total. The van der Waals surface area contributed by atoms with Gasteiger partial charge in [0.1, 0.15) is 12.2 Å². The normalized spacial score (nSPS) is 7.08. The van der Waals surface area contributed by atoms with E-state index in [2.05, 4.69) is 0 Å². The minimum Gasteiger partial charge on any atom is -0.530 e. The van der Waals surface area contributed by atoms with Crippen molar-refractivity contribution in [1.82, 2.24) is 9.80 Å². The van der Waals surface area contributed by atoms with Crippen LogP contribution in [0.1, 0.15) is 0 Å². The SMILES string of the molecule is CN(C)C(=O)[O-].CN(C)C(=O)[O-].[Cr+2]. The number of hydrogen-bond donors (Lipinski definition) is 0. The summed E-state index contributed by atoms with van der Waals surface area (Å²) in [6.45, 7) is 0. The van der Waals surface area contributed by atoms with Gasteiger partial charge in [-0.1, -0.05) is 0 Å². The Labute approximate surface area is 87.9 Å². The molecule has 0 aliphatic carbocycles. The second-order valence-corrected chi connectivity index (χ2v) is 2.32. The van der Waals surface area contributed by atoms with Crippen molar-refractivity contribution in [3.05, 3.63) is 0 Å². The Morgan fingerprint density at radius 2 is 0.923 bits per heavy atom. The molecule has 0 fully saturated rings. The Balaban J connectivity index is -0.000000143. The van der Waals surface area contributed by atoms with Crippen molar-refractivity contribution in [2.75, 3.05) is 28.2 Å². The number of carbonyl (C=O) groups is 2. The molecule has 0 radical (unpaired) electrons. The zero-order chi connectivity index (χ0) is 10.3. The van der Waals surface area contributed by atoms with E-state index < -0.39 is 12.2 Å². The van der Waals surface area contributed by atoms with Crippen LogP contribution >= 0.6 is 0 Å². The third-order valence-corrected chi connectivity index (χ3v) is 0.730. The summed E-state index contributed by atoms with van der Waals surface area (Å²) in [5.74, 6) is 0. The Hall–Kier alpha value is -0.928. The first-order valence-corrected chi connectivity index (χ1v) is 3.05. The zero-order valence-corrected chi connectivity index (χ0v) is 9.21. The van der Waals surface area contributed by atoms with Crippen molar-refractivity contribution in [1.29, 1.82) is 0 Å². The first-order valence-electron chi connectivity index (χ1n) is 3.05. The third kappa shape index (κ3) is 18.2. The van der Waals surface area contributed by atoms with E-state index in [-0.39, 0.29) is 17.4 Å². The first-order chi connectivity index (χ1) is 5.29. The molecule has 0 saturated carbocycles. The molecular formula is C6H12CrN2O4. The molecule has 0 unspecified atom stereocenters. The van der Waals surface area contributed by atoms with E-state index in [1.54, 1.807) is 0 Å². The van der Waals surface area contributed by atoms with Gasteiger partial charge >= 0.3 is 17.4 Å². The zero-order valence-electron chi connectivity index (χ0n) is 7.94. The molecule has 0 aromatic heterocycles. The van der Waals surface area contributed by atoms with E-state index >= 15 is 0 Å². The van der Waals surface area contributed by atoms with Crippen LogP contribution in [0.25, 0.3) is 0 Å². The van der Waals surface area contributed by atoms with Crippen molar-refractivity contribution >= 4 is 12.2 Å². The maximum atomic E-state index is 9.51. The third-order valence-electron chi connectivity index (χ3n) is 0.730. The molecule has 0 rings (SSSR count). The van der Waals surface area contributed by atoms with Crippen LogP contribution in [-0.2, 0) is 17.4 Å². The van der Waals surface area contributed by atoms with E-state index in [1.807, 2.05) is 0 Å². The fourth-order valence-electron chi connectivity index (χ4n) is 0. The van der Waals surface area contributed by atoms with Gasteiger partial charge in [0.15, 0.2) is 0 Å². The number of hydrogen-bond acceptors (Lipinski definition) is 4. The van der Waals surface area contributed by atoms with Crippen LogP contribution in [0, 0.1) is 0 Å². The predicted molar refractivity (Wildman–Crippen MR) is 38.2 cm³/mol. The Morgan fingerprint density at radius 1 is 0.846 bits per heavy atom. The van der Waals surface area contributed by atoms with Crippen molar-refractivity contribution in [3.8, 4) is 0 Å². The van der Waals surface area contributed by atoms with Gasteiger partial charge in [0, 0.05) is 28.2 Å². The van der Waals surface area contributed by atoms with Crippen LogP contribution in [0.2, 0.25) is 0 Å². The van der Waals surface area contributed by atoms with Gasteiger partial charge < -0.3 is 29.6 Å². The van der Waals surface area contributed by atoms with Crippen LogP contribution in [0.5, 0.6) is 0 Å². The van der Waals surface area contributed by atoms with Crippen LogP contribution in [-0.4, -0.2) is 50.2 Å². The summed E-state index contributed by atoms with van der Waals surface area (Å²) in [6.07, 6.45) is -2.31. The van der Waals surface area contributed by atoms with E-state index in [9.17, 15) is 19.8 Å². The largest absolute Gasteiger partial charge is 2.00 e. The molecular weight excluding hydrogens is 216 g/mol. The van der Waals surface area contributed by atoms with Crippen LogP contribution < -0.4 is 10.2 Å². The number of nitrogens with zero attached hydrogens (tertiary/aromatic N) is 2. The van der Waals surface area contributed by atoms with Gasteiger partial charge in [-0.25, -0.2) is 0 Å². The van der Waals surface area contributed by atoms with Crippen molar-refractivity contribution in [2.24, 2.45) is 0 Å². The van der Waals surface area contributed by atoms with Gasteiger partial charge in [-0.15, -0.1) is 0 Å². The summed E-state index contributed by atoms with van der Waals surface area (Å²) in [7, 11) is 5.65. The summed E-state index contributed by atoms with van der Waals surface area (Å²) in [4.78, 5) is 21.0. The molecule has 0 bridgehead atoms. The fourth-order valence-corrected chi connectivity index (χ4v) is 0. The molecule has 0 saturated heterocycles. The molecule has 7 heteroatoms. The van der Waals surface area contributed by atoms with E-state index in [0.717, 1.165) is 9.80 Å². The molecule has 0 spiro atoms. The van der Waals surface area contributed by atoms with Crippen LogP contribution in [0.4, 0.5) is 9.59 Å². The summed E-state index contributed by atoms with van der Waals surface area (Å²) >= 11 is 0. The van der Waals surface area contributed by atoms with Crippen molar-refractivity contribution in [3.63, 3.8) is 0 Å². The standard InChI is InChI=1S/2C3H7NO2.Cr/c2*1-4(2)3(5)6;/h2*1-2H3,(H,5,6);/q;;+2/p-2. The second-order valence-electron chi connectivity index (χ2n) is 2.32. The average Bonchev–Trinajstić information content (AvgIpc) is 1.88. The number of amides is 2. The second kappa shape index (κ2) is 9.16. The van der Waals surface area contributed by atoms with Gasteiger partial charge in [0.05, 0.1) is 0 Å². The number of carbonyl (C=O) groups excluding carboxylic acids is 2. The molecule has 13 heavy (non-hydrogen) atoms. The fraction of sp³-hybridized carbons (Fsp3) is 0.667. The summed E-state index contributed by atoms with van der Waals surface area (Å²) < 4.78 is 0. The average molecular weight is 228 g/mol. The molecule has 2 amide bonds. The topological polar surface area (TPSA) is 86.7 Å². The van der Waals surface area contributed by atoms with Crippen LogP contribution in [0.3, 0.4) is 0 Å². The molecule has 76 valence electrons. The Bertz CT molecular complexity index is 143. The molecule has 0 aliphatic heterocycles. The molecule has 0 aromatic rings. The summed E-state index contributed by atoms with van der Waals surface area (Å²) in [5.41, 5.74) is 0. The maximum Gasteiger partial charge on any atom is 2.00 e. The smallest absolute Gasteiger partial charge is 0.530 e. The van der Waals surface area contributed by atoms with E-state index in [1.165, 1.54) is 28.2 Å². The molecule has 0 aliphatic rings.